The highest BCUT2D eigenvalue weighted by Crippen LogP contribution is 2.32. The molecule has 184 valence electrons. The van der Waals surface area contributed by atoms with E-state index in [-0.39, 0.29) is 11.5 Å². The number of hydrogen-bond donors (Lipinski definition) is 0. The van der Waals surface area contributed by atoms with Crippen LogP contribution in [0.15, 0.2) is 83.9 Å². The van der Waals surface area contributed by atoms with Gasteiger partial charge in [-0.1, -0.05) is 50.2 Å². The number of nitrogens with zero attached hydrogens (tertiary/aromatic N) is 1. The lowest BCUT2D eigenvalue weighted by atomic mass is 9.93. The molecule has 1 aromatic heterocycles. The van der Waals surface area contributed by atoms with Crippen LogP contribution in [0.3, 0.4) is 0 Å². The van der Waals surface area contributed by atoms with E-state index in [2.05, 4.69) is 37.0 Å². The lowest BCUT2D eigenvalue weighted by Gasteiger charge is -2.13. The van der Waals surface area contributed by atoms with Gasteiger partial charge >= 0.3 is 5.97 Å². The maximum atomic E-state index is 12.9. The fourth-order valence-electron chi connectivity index (χ4n) is 4.08. The monoisotopic (exact) mass is 499 g/mol. The van der Waals surface area contributed by atoms with Gasteiger partial charge in [0, 0.05) is 23.4 Å². The highest BCUT2D eigenvalue weighted by Gasteiger charge is 2.16. The van der Waals surface area contributed by atoms with E-state index in [4.69, 9.17) is 4.74 Å². The molecule has 0 aliphatic rings. The van der Waals surface area contributed by atoms with Crippen LogP contribution in [0.25, 0.3) is 33.7 Å². The van der Waals surface area contributed by atoms with Crippen LogP contribution in [0, 0.1) is 0 Å². The highest BCUT2D eigenvalue weighted by molar-refractivity contribution is 7.90. The van der Waals surface area contributed by atoms with Crippen LogP contribution in [0.1, 0.15) is 43.4 Å². The number of esters is 1. The van der Waals surface area contributed by atoms with Crippen molar-refractivity contribution < 1.29 is 17.9 Å². The lowest BCUT2D eigenvalue weighted by Crippen LogP contribution is -2.07. The molecule has 0 amide bonds. The van der Waals surface area contributed by atoms with Crippen molar-refractivity contribution in [2.24, 2.45) is 0 Å². The smallest absolute Gasteiger partial charge is 0.338 e. The normalized spacial score (nSPS) is 12.2. The molecule has 0 saturated heterocycles. The van der Waals surface area contributed by atoms with Crippen molar-refractivity contribution in [2.45, 2.75) is 31.6 Å². The van der Waals surface area contributed by atoms with Gasteiger partial charge in [0.1, 0.15) is 0 Å². The van der Waals surface area contributed by atoms with Crippen LogP contribution >= 0.6 is 0 Å². The summed E-state index contributed by atoms with van der Waals surface area (Å²) in [4.78, 5) is 17.7. The number of hydrogen-bond acceptors (Lipinski definition) is 5. The molecular weight excluding hydrogens is 470 g/mol. The van der Waals surface area contributed by atoms with Gasteiger partial charge in [-0.15, -0.1) is 0 Å². The Balaban J connectivity index is 1.83. The van der Waals surface area contributed by atoms with Crippen LogP contribution in [0.4, 0.5) is 0 Å². The van der Waals surface area contributed by atoms with Crippen molar-refractivity contribution in [1.82, 2.24) is 4.98 Å². The Bertz CT molecular complexity index is 1550. The first-order valence-electron chi connectivity index (χ1n) is 11.9. The van der Waals surface area contributed by atoms with Crippen molar-refractivity contribution in [3.8, 4) is 11.1 Å². The molecule has 0 radical (unpaired) electrons. The predicted molar refractivity (Wildman–Crippen MR) is 145 cm³/mol. The second kappa shape index (κ2) is 10.5. The largest absolute Gasteiger partial charge is 0.462 e. The number of sulfone groups is 1. The van der Waals surface area contributed by atoms with E-state index in [1.165, 1.54) is 17.7 Å². The third-order valence-electron chi connectivity index (χ3n) is 5.99. The van der Waals surface area contributed by atoms with Gasteiger partial charge in [0.2, 0.25) is 0 Å². The van der Waals surface area contributed by atoms with Gasteiger partial charge in [-0.2, -0.15) is 0 Å². The summed E-state index contributed by atoms with van der Waals surface area (Å²) in [5, 5.41) is 1.08. The average molecular weight is 500 g/mol. The molecule has 0 spiro atoms. The highest BCUT2D eigenvalue weighted by atomic mass is 32.2. The van der Waals surface area contributed by atoms with Crippen molar-refractivity contribution in [2.75, 3.05) is 12.9 Å². The molecule has 0 saturated carbocycles. The minimum atomic E-state index is -3.34. The molecule has 6 heteroatoms. The van der Waals surface area contributed by atoms with E-state index in [0.717, 1.165) is 33.8 Å². The van der Waals surface area contributed by atoms with Crippen LogP contribution in [-0.4, -0.2) is 32.2 Å². The van der Waals surface area contributed by atoms with Gasteiger partial charge < -0.3 is 4.74 Å². The van der Waals surface area contributed by atoms with Gasteiger partial charge in [-0.3, -0.25) is 4.98 Å². The molecule has 1 heterocycles. The summed E-state index contributed by atoms with van der Waals surface area (Å²) in [6.45, 7) is 6.32. The Kier molecular flexibility index (Phi) is 7.36. The van der Waals surface area contributed by atoms with Gasteiger partial charge in [0.25, 0.3) is 0 Å². The van der Waals surface area contributed by atoms with E-state index in [9.17, 15) is 13.2 Å². The van der Waals surface area contributed by atoms with Crippen molar-refractivity contribution >= 4 is 38.4 Å². The molecule has 0 aliphatic heterocycles. The summed E-state index contributed by atoms with van der Waals surface area (Å²) >= 11 is 0. The Labute approximate surface area is 212 Å². The van der Waals surface area contributed by atoms with E-state index in [0.29, 0.717) is 17.1 Å². The van der Waals surface area contributed by atoms with Crippen LogP contribution < -0.4 is 0 Å². The van der Waals surface area contributed by atoms with Crippen molar-refractivity contribution in [3.05, 3.63) is 95.7 Å². The average Bonchev–Trinajstić information content (AvgIpc) is 2.86. The number of benzene rings is 3. The molecule has 0 aliphatic carbocycles. The fraction of sp³-hybridized carbons (Fsp3) is 0.200. The number of fused-ring (bicyclic) bond motifs is 1. The Morgan fingerprint density at radius 2 is 1.75 bits per heavy atom. The lowest BCUT2D eigenvalue weighted by molar-refractivity contribution is -0.136. The molecule has 0 bridgehead atoms. The number of carbonyl (C=O) groups excluding carboxylic acids is 1. The summed E-state index contributed by atoms with van der Waals surface area (Å²) < 4.78 is 29.0. The molecular formula is C30H29NO4S. The number of carbonyl (C=O) groups is 1. The van der Waals surface area contributed by atoms with E-state index >= 15 is 0 Å². The van der Waals surface area contributed by atoms with E-state index < -0.39 is 15.8 Å². The molecule has 0 atom stereocenters. The summed E-state index contributed by atoms with van der Waals surface area (Å²) in [5.74, 6) is -0.106. The van der Waals surface area contributed by atoms with Gasteiger partial charge in [0.05, 0.1) is 22.6 Å². The molecule has 4 aromatic rings. The first-order valence-corrected chi connectivity index (χ1v) is 13.7. The van der Waals surface area contributed by atoms with Gasteiger partial charge in [0.15, 0.2) is 9.84 Å². The minimum Gasteiger partial charge on any atom is -0.462 e. The zero-order chi connectivity index (χ0) is 25.9. The van der Waals surface area contributed by atoms with Crippen LogP contribution in [-0.2, 0) is 19.4 Å². The van der Waals surface area contributed by atoms with E-state index in [1.54, 1.807) is 31.3 Å². The van der Waals surface area contributed by atoms with Gasteiger partial charge in [-0.05, 0) is 77.6 Å². The maximum Gasteiger partial charge on any atom is 0.338 e. The number of aromatic nitrogens is 1. The minimum absolute atomic E-state index is 0.195. The quantitative estimate of drug-likeness (QED) is 0.164. The standard InChI is InChI=1S/C30H29NO4S/c1-5-35-30(32)28(22-11-13-26(14-12-22)36(4,33)34)17-21-8-6-9-23(16-21)27-19-25(20(2)3)18-24-10-7-15-31-29(24)27/h6-20H,5H2,1-4H3. The third kappa shape index (κ3) is 5.55. The van der Waals surface area contributed by atoms with Crippen LogP contribution in [0.5, 0.6) is 0 Å². The van der Waals surface area contributed by atoms with Crippen molar-refractivity contribution in [3.63, 3.8) is 0 Å². The predicted octanol–water partition coefficient (Wildman–Crippen LogP) is 6.53. The molecule has 36 heavy (non-hydrogen) atoms. The first-order chi connectivity index (χ1) is 17.2. The third-order valence-corrected chi connectivity index (χ3v) is 7.12. The van der Waals surface area contributed by atoms with E-state index in [1.807, 2.05) is 30.3 Å². The zero-order valence-electron chi connectivity index (χ0n) is 20.9. The summed E-state index contributed by atoms with van der Waals surface area (Å²) in [6, 6.07) is 22.6. The summed E-state index contributed by atoms with van der Waals surface area (Å²) in [6.07, 6.45) is 4.73. The van der Waals surface area contributed by atoms with Gasteiger partial charge in [-0.25, -0.2) is 13.2 Å². The number of rotatable bonds is 7. The van der Waals surface area contributed by atoms with Crippen LogP contribution in [0.2, 0.25) is 0 Å². The fourth-order valence-corrected chi connectivity index (χ4v) is 4.71. The Hall–Kier alpha value is -3.77. The second-order valence-corrected chi connectivity index (χ2v) is 11.0. The molecule has 0 unspecified atom stereocenters. The molecule has 5 nitrogen and oxygen atoms in total. The molecule has 3 aromatic carbocycles. The number of pyridine rings is 1. The summed E-state index contributed by atoms with van der Waals surface area (Å²) in [7, 11) is -3.34. The topological polar surface area (TPSA) is 73.3 Å². The maximum absolute atomic E-state index is 12.9. The first kappa shape index (κ1) is 25.3. The Morgan fingerprint density at radius 1 is 1.00 bits per heavy atom. The Morgan fingerprint density at radius 3 is 2.42 bits per heavy atom. The SMILES string of the molecule is CCOC(=O)C(=Cc1cccc(-c2cc(C(C)C)cc3cccnc23)c1)c1ccc(S(C)(=O)=O)cc1. The second-order valence-electron chi connectivity index (χ2n) is 9.00. The summed E-state index contributed by atoms with van der Waals surface area (Å²) in [5.41, 5.74) is 5.93. The molecule has 4 rings (SSSR count). The zero-order valence-corrected chi connectivity index (χ0v) is 21.7. The van der Waals surface area contributed by atoms with Crippen molar-refractivity contribution in [1.29, 1.82) is 0 Å². The molecule has 0 fully saturated rings. The molecule has 0 N–H and O–H groups in total. The number of ether oxygens (including phenoxy) is 1.